The number of carboxylic acid groups (broad SMARTS) is 1. The number of rotatable bonds is 6. The van der Waals surface area contributed by atoms with Crippen LogP contribution >= 0.6 is 0 Å². The Labute approximate surface area is 111 Å². The van der Waals surface area contributed by atoms with Crippen molar-refractivity contribution in [1.29, 1.82) is 0 Å². The minimum absolute atomic E-state index is 0.206. The van der Waals surface area contributed by atoms with Crippen molar-refractivity contribution < 1.29 is 19.4 Å². The summed E-state index contributed by atoms with van der Waals surface area (Å²) in [6, 6.07) is 4.21. The Kier molecular flexibility index (Phi) is 5.17. The van der Waals surface area contributed by atoms with E-state index in [1.165, 1.54) is 0 Å². The summed E-state index contributed by atoms with van der Waals surface area (Å²) in [4.78, 5) is 22.5. The molecule has 0 saturated carbocycles. The van der Waals surface area contributed by atoms with Gasteiger partial charge in [0.05, 0.1) is 13.0 Å². The Morgan fingerprint density at radius 2 is 2.16 bits per heavy atom. The number of aliphatic carboxylic acids is 1. The van der Waals surface area contributed by atoms with Gasteiger partial charge in [-0.1, -0.05) is 0 Å². The van der Waals surface area contributed by atoms with Crippen LogP contribution in [0.5, 0.6) is 0 Å². The molecule has 0 spiro atoms. The highest BCUT2D eigenvalue weighted by Gasteiger charge is 2.23. The number of nitrogens with one attached hydrogen (secondary N) is 1. The van der Waals surface area contributed by atoms with E-state index in [1.54, 1.807) is 25.1 Å². The van der Waals surface area contributed by atoms with Gasteiger partial charge in [-0.25, -0.2) is 4.79 Å². The monoisotopic (exact) mass is 266 g/mol. The highest BCUT2D eigenvalue weighted by atomic mass is 16.5. The van der Waals surface area contributed by atoms with Crippen LogP contribution < -0.4 is 11.1 Å². The number of ether oxygens (including phenoxy) is 1. The third-order valence-electron chi connectivity index (χ3n) is 2.53. The van der Waals surface area contributed by atoms with Crippen molar-refractivity contribution in [2.24, 2.45) is 0 Å². The van der Waals surface area contributed by atoms with Gasteiger partial charge in [0.15, 0.2) is 0 Å². The standard InChI is InChI=1S/C13H18N2O4/c1-3-19-13(18)11(7-12(16)17)15-10-5-4-9(14)6-8(10)2/h4-6,11,15H,3,7,14H2,1-2H3,(H,16,17). The number of carbonyl (C=O) groups excluding carboxylic acids is 1. The van der Waals surface area contributed by atoms with Crippen molar-refractivity contribution in [2.45, 2.75) is 26.3 Å². The molecule has 4 N–H and O–H groups in total. The van der Waals surface area contributed by atoms with Crippen LogP contribution in [0.1, 0.15) is 18.9 Å². The van der Waals surface area contributed by atoms with Gasteiger partial charge in [0, 0.05) is 11.4 Å². The summed E-state index contributed by atoms with van der Waals surface area (Å²) in [7, 11) is 0. The van der Waals surface area contributed by atoms with Crippen molar-refractivity contribution in [3.63, 3.8) is 0 Å². The molecule has 0 fully saturated rings. The van der Waals surface area contributed by atoms with E-state index >= 15 is 0 Å². The summed E-state index contributed by atoms with van der Waals surface area (Å²) in [5.74, 6) is -1.65. The number of aryl methyl sites for hydroxylation is 1. The summed E-state index contributed by atoms with van der Waals surface area (Å²) >= 11 is 0. The number of hydrogen-bond acceptors (Lipinski definition) is 5. The van der Waals surface area contributed by atoms with Crippen molar-refractivity contribution in [3.05, 3.63) is 23.8 Å². The lowest BCUT2D eigenvalue weighted by atomic mass is 10.1. The summed E-state index contributed by atoms with van der Waals surface area (Å²) in [5, 5.41) is 11.7. The second-order valence-electron chi connectivity index (χ2n) is 4.12. The van der Waals surface area contributed by atoms with Gasteiger partial charge < -0.3 is 20.9 Å². The summed E-state index contributed by atoms with van der Waals surface area (Å²) in [5.41, 5.74) is 7.73. The number of esters is 1. The molecule has 0 amide bonds. The van der Waals surface area contributed by atoms with Crippen LogP contribution in [0.2, 0.25) is 0 Å². The Hall–Kier alpha value is -2.24. The number of carbonyl (C=O) groups is 2. The molecule has 0 aliphatic heterocycles. The molecule has 0 aliphatic rings. The smallest absolute Gasteiger partial charge is 0.329 e. The third kappa shape index (κ3) is 4.50. The van der Waals surface area contributed by atoms with E-state index in [4.69, 9.17) is 15.6 Å². The molecule has 0 aromatic heterocycles. The molecule has 104 valence electrons. The molecule has 1 atom stereocenters. The maximum atomic E-state index is 11.7. The van der Waals surface area contributed by atoms with Crippen molar-refractivity contribution in [1.82, 2.24) is 0 Å². The van der Waals surface area contributed by atoms with E-state index in [1.807, 2.05) is 6.92 Å². The van der Waals surface area contributed by atoms with Gasteiger partial charge in [-0.3, -0.25) is 4.79 Å². The highest BCUT2D eigenvalue weighted by Crippen LogP contribution is 2.19. The SMILES string of the molecule is CCOC(=O)C(CC(=O)O)Nc1ccc(N)cc1C. The Balaban J connectivity index is 2.87. The average Bonchev–Trinajstić information content (AvgIpc) is 2.31. The lowest BCUT2D eigenvalue weighted by Gasteiger charge is -2.18. The average molecular weight is 266 g/mol. The van der Waals surface area contributed by atoms with Gasteiger partial charge in [0.1, 0.15) is 6.04 Å². The first kappa shape index (κ1) is 14.8. The quantitative estimate of drug-likeness (QED) is 0.531. The number of nitrogen functional groups attached to an aromatic ring is 1. The zero-order valence-corrected chi connectivity index (χ0v) is 11.0. The van der Waals surface area contributed by atoms with E-state index in [2.05, 4.69) is 5.32 Å². The Morgan fingerprint density at radius 1 is 1.47 bits per heavy atom. The Bertz CT molecular complexity index is 474. The number of hydrogen-bond donors (Lipinski definition) is 3. The van der Waals surface area contributed by atoms with Gasteiger partial charge in [0.2, 0.25) is 0 Å². The number of anilines is 2. The topological polar surface area (TPSA) is 102 Å². The molecular weight excluding hydrogens is 248 g/mol. The zero-order chi connectivity index (χ0) is 14.4. The van der Waals surface area contributed by atoms with E-state index in [0.29, 0.717) is 11.4 Å². The maximum absolute atomic E-state index is 11.7. The van der Waals surface area contributed by atoms with Crippen LogP contribution in [0.15, 0.2) is 18.2 Å². The van der Waals surface area contributed by atoms with E-state index in [0.717, 1.165) is 5.56 Å². The first-order valence-corrected chi connectivity index (χ1v) is 5.95. The molecule has 1 unspecified atom stereocenters. The third-order valence-corrected chi connectivity index (χ3v) is 2.53. The minimum atomic E-state index is -1.07. The summed E-state index contributed by atoms with van der Waals surface area (Å²) in [6.07, 6.45) is -0.345. The van der Waals surface area contributed by atoms with Crippen LogP contribution in [-0.4, -0.2) is 29.7 Å². The van der Waals surface area contributed by atoms with Crippen LogP contribution in [0, 0.1) is 6.92 Å². The molecule has 0 radical (unpaired) electrons. The first-order chi connectivity index (χ1) is 8.93. The molecule has 0 saturated heterocycles. The van der Waals surface area contributed by atoms with Crippen molar-refractivity contribution in [2.75, 3.05) is 17.7 Å². The summed E-state index contributed by atoms with van der Waals surface area (Å²) < 4.78 is 4.85. The molecule has 1 aromatic rings. The van der Waals surface area contributed by atoms with Crippen LogP contribution in [0.3, 0.4) is 0 Å². The predicted molar refractivity (Wildman–Crippen MR) is 71.9 cm³/mol. The maximum Gasteiger partial charge on any atom is 0.329 e. The fourth-order valence-corrected chi connectivity index (χ4v) is 1.65. The molecule has 0 heterocycles. The number of benzene rings is 1. The molecule has 1 aromatic carbocycles. The number of nitrogens with two attached hydrogens (primary N) is 1. The van der Waals surface area contributed by atoms with Crippen LogP contribution in [0.25, 0.3) is 0 Å². The normalized spacial score (nSPS) is 11.7. The number of carboxylic acids is 1. The molecule has 0 bridgehead atoms. The molecule has 6 nitrogen and oxygen atoms in total. The summed E-state index contributed by atoms with van der Waals surface area (Å²) in [6.45, 7) is 3.70. The lowest BCUT2D eigenvalue weighted by molar-refractivity contribution is -0.148. The van der Waals surface area contributed by atoms with Crippen molar-refractivity contribution in [3.8, 4) is 0 Å². The van der Waals surface area contributed by atoms with E-state index in [-0.39, 0.29) is 13.0 Å². The second kappa shape index (κ2) is 6.63. The zero-order valence-electron chi connectivity index (χ0n) is 11.0. The van der Waals surface area contributed by atoms with E-state index < -0.39 is 18.0 Å². The molecular formula is C13H18N2O4. The van der Waals surface area contributed by atoms with Gasteiger partial charge in [-0.2, -0.15) is 0 Å². The fraction of sp³-hybridized carbons (Fsp3) is 0.385. The van der Waals surface area contributed by atoms with Gasteiger partial charge in [-0.05, 0) is 37.6 Å². The fourth-order valence-electron chi connectivity index (χ4n) is 1.65. The first-order valence-electron chi connectivity index (χ1n) is 5.95. The second-order valence-corrected chi connectivity index (χ2v) is 4.12. The van der Waals surface area contributed by atoms with Crippen molar-refractivity contribution >= 4 is 23.3 Å². The van der Waals surface area contributed by atoms with Crippen LogP contribution in [-0.2, 0) is 14.3 Å². The largest absolute Gasteiger partial charge is 0.481 e. The lowest BCUT2D eigenvalue weighted by Crippen LogP contribution is -2.34. The van der Waals surface area contributed by atoms with E-state index in [9.17, 15) is 9.59 Å². The molecule has 6 heteroatoms. The van der Waals surface area contributed by atoms with Gasteiger partial charge in [0.25, 0.3) is 0 Å². The minimum Gasteiger partial charge on any atom is -0.481 e. The predicted octanol–water partition coefficient (Wildman–Crippen LogP) is 1.40. The van der Waals surface area contributed by atoms with Gasteiger partial charge in [-0.15, -0.1) is 0 Å². The van der Waals surface area contributed by atoms with Crippen LogP contribution in [0.4, 0.5) is 11.4 Å². The molecule has 0 aliphatic carbocycles. The Morgan fingerprint density at radius 3 is 2.68 bits per heavy atom. The molecule has 1 rings (SSSR count). The highest BCUT2D eigenvalue weighted by molar-refractivity contribution is 5.85. The van der Waals surface area contributed by atoms with Gasteiger partial charge >= 0.3 is 11.9 Å². The molecule has 19 heavy (non-hydrogen) atoms.